The summed E-state index contributed by atoms with van der Waals surface area (Å²) in [6, 6.07) is 5.26. The molecule has 0 aliphatic carbocycles. The monoisotopic (exact) mass is 253 g/mol. The van der Waals surface area contributed by atoms with Gasteiger partial charge in [-0.15, -0.1) is 0 Å². The van der Waals surface area contributed by atoms with Crippen molar-refractivity contribution in [1.29, 1.82) is 0 Å². The van der Waals surface area contributed by atoms with Gasteiger partial charge in [0.05, 0.1) is 5.92 Å². The van der Waals surface area contributed by atoms with Gasteiger partial charge >= 0.3 is 5.97 Å². The smallest absolute Gasteiger partial charge is 0.308 e. The number of carbonyl (C=O) groups is 2. The Balaban J connectivity index is 2.32. The van der Waals surface area contributed by atoms with Crippen LogP contribution in [0.15, 0.2) is 18.2 Å². The molecule has 1 saturated heterocycles. The number of benzene rings is 1. The van der Waals surface area contributed by atoms with Crippen LogP contribution in [0, 0.1) is 12.8 Å². The van der Waals surface area contributed by atoms with E-state index in [0.717, 1.165) is 5.56 Å². The Labute approximate surface area is 104 Å². The van der Waals surface area contributed by atoms with E-state index in [1.165, 1.54) is 4.90 Å². The first-order valence-electron chi connectivity index (χ1n) is 5.28. The largest absolute Gasteiger partial charge is 0.481 e. The molecule has 0 spiro atoms. The normalized spacial score (nSPS) is 19.8. The number of anilines is 1. The molecule has 1 aliphatic heterocycles. The molecule has 1 amide bonds. The van der Waals surface area contributed by atoms with E-state index in [2.05, 4.69) is 0 Å². The number of halogens is 1. The molecule has 0 bridgehead atoms. The zero-order chi connectivity index (χ0) is 12.6. The van der Waals surface area contributed by atoms with E-state index in [0.29, 0.717) is 10.7 Å². The van der Waals surface area contributed by atoms with Crippen molar-refractivity contribution in [2.75, 3.05) is 11.4 Å². The number of amides is 1. The summed E-state index contributed by atoms with van der Waals surface area (Å²) in [5, 5.41) is 9.45. The molecule has 1 aromatic rings. The summed E-state index contributed by atoms with van der Waals surface area (Å²) >= 11 is 5.89. The summed E-state index contributed by atoms with van der Waals surface area (Å²) in [4.78, 5) is 24.1. The first-order chi connectivity index (χ1) is 7.99. The van der Waals surface area contributed by atoms with Crippen molar-refractivity contribution in [2.24, 2.45) is 5.92 Å². The van der Waals surface area contributed by atoms with Crippen molar-refractivity contribution in [1.82, 2.24) is 0 Å². The first-order valence-corrected chi connectivity index (χ1v) is 5.66. The van der Waals surface area contributed by atoms with Gasteiger partial charge in [0.2, 0.25) is 5.91 Å². The Morgan fingerprint density at radius 1 is 1.53 bits per heavy atom. The predicted molar refractivity (Wildman–Crippen MR) is 64.3 cm³/mol. The van der Waals surface area contributed by atoms with Gasteiger partial charge in [-0.1, -0.05) is 17.7 Å². The molecule has 1 aliphatic rings. The average Bonchev–Trinajstić information content (AvgIpc) is 2.64. The van der Waals surface area contributed by atoms with E-state index in [9.17, 15) is 9.59 Å². The average molecular weight is 254 g/mol. The van der Waals surface area contributed by atoms with Crippen LogP contribution in [0.3, 0.4) is 0 Å². The molecule has 1 N–H and O–H groups in total. The molecule has 5 heteroatoms. The van der Waals surface area contributed by atoms with Gasteiger partial charge in [-0.2, -0.15) is 0 Å². The number of hydrogen-bond acceptors (Lipinski definition) is 2. The molecule has 0 aromatic heterocycles. The Morgan fingerprint density at radius 3 is 2.82 bits per heavy atom. The van der Waals surface area contributed by atoms with Gasteiger partial charge in [-0.3, -0.25) is 9.59 Å². The zero-order valence-corrected chi connectivity index (χ0v) is 10.1. The van der Waals surface area contributed by atoms with Crippen LogP contribution in [-0.2, 0) is 9.59 Å². The highest BCUT2D eigenvalue weighted by molar-refractivity contribution is 6.31. The number of hydrogen-bond donors (Lipinski definition) is 1. The summed E-state index contributed by atoms with van der Waals surface area (Å²) in [7, 11) is 0. The lowest BCUT2D eigenvalue weighted by molar-refractivity contribution is -0.141. The fourth-order valence-electron chi connectivity index (χ4n) is 1.98. The van der Waals surface area contributed by atoms with Gasteiger partial charge in [-0.25, -0.2) is 0 Å². The van der Waals surface area contributed by atoms with E-state index in [4.69, 9.17) is 16.7 Å². The van der Waals surface area contributed by atoms with Crippen LogP contribution in [0.4, 0.5) is 5.69 Å². The second kappa shape index (κ2) is 4.37. The third-order valence-electron chi connectivity index (χ3n) is 2.94. The minimum Gasteiger partial charge on any atom is -0.481 e. The molecule has 2 rings (SSSR count). The molecule has 90 valence electrons. The Bertz CT molecular complexity index is 487. The van der Waals surface area contributed by atoms with Crippen LogP contribution in [0.1, 0.15) is 12.0 Å². The van der Waals surface area contributed by atoms with Crippen LogP contribution >= 0.6 is 11.6 Å². The molecule has 1 atom stereocenters. The molecule has 0 saturated carbocycles. The number of nitrogens with zero attached hydrogens (tertiary/aromatic N) is 1. The minimum atomic E-state index is -0.930. The molecular formula is C12H12ClNO3. The third-order valence-corrected chi connectivity index (χ3v) is 3.17. The van der Waals surface area contributed by atoms with Crippen LogP contribution in [-0.4, -0.2) is 23.5 Å². The number of aliphatic carboxylic acids is 1. The van der Waals surface area contributed by atoms with E-state index >= 15 is 0 Å². The number of carboxylic acids is 1. The van der Waals surface area contributed by atoms with E-state index in [1.54, 1.807) is 12.1 Å². The molecule has 1 fully saturated rings. The highest BCUT2D eigenvalue weighted by Gasteiger charge is 2.35. The number of carboxylic acid groups (broad SMARTS) is 1. The number of aryl methyl sites for hydroxylation is 1. The van der Waals surface area contributed by atoms with Crippen molar-refractivity contribution < 1.29 is 14.7 Å². The summed E-state index contributed by atoms with van der Waals surface area (Å²) in [6.07, 6.45) is 0.0568. The highest BCUT2D eigenvalue weighted by Crippen LogP contribution is 2.30. The lowest BCUT2D eigenvalue weighted by Crippen LogP contribution is -2.26. The SMILES string of the molecule is Cc1ccc(Cl)cc1N1CC(C(=O)O)CC1=O. The molecule has 1 unspecified atom stereocenters. The second-order valence-electron chi connectivity index (χ2n) is 4.17. The number of carbonyl (C=O) groups excluding carboxylic acids is 1. The molecule has 1 heterocycles. The molecule has 4 nitrogen and oxygen atoms in total. The summed E-state index contributed by atoms with van der Waals surface area (Å²) in [6.45, 7) is 2.09. The number of rotatable bonds is 2. The van der Waals surface area contributed by atoms with Gasteiger partial charge in [0.15, 0.2) is 0 Å². The summed E-state index contributed by atoms with van der Waals surface area (Å²) in [5.41, 5.74) is 1.61. The minimum absolute atomic E-state index is 0.0568. The fraction of sp³-hybridized carbons (Fsp3) is 0.333. The maximum absolute atomic E-state index is 11.8. The highest BCUT2D eigenvalue weighted by atomic mass is 35.5. The van der Waals surface area contributed by atoms with Gasteiger partial charge in [0.25, 0.3) is 0 Å². The molecule has 1 aromatic carbocycles. The van der Waals surface area contributed by atoms with E-state index in [-0.39, 0.29) is 18.9 Å². The van der Waals surface area contributed by atoms with Crippen LogP contribution in [0.2, 0.25) is 5.02 Å². The Morgan fingerprint density at radius 2 is 2.24 bits per heavy atom. The standard InChI is InChI=1S/C12H12ClNO3/c1-7-2-3-9(13)5-10(7)14-6-8(12(16)17)4-11(14)15/h2-3,5,8H,4,6H2,1H3,(H,16,17). The first kappa shape index (κ1) is 11.9. The van der Waals surface area contributed by atoms with Crippen LogP contribution in [0.25, 0.3) is 0 Å². The zero-order valence-electron chi connectivity index (χ0n) is 9.31. The molecule has 17 heavy (non-hydrogen) atoms. The van der Waals surface area contributed by atoms with Crippen molar-refractivity contribution in [3.63, 3.8) is 0 Å². The lowest BCUT2D eigenvalue weighted by Gasteiger charge is -2.18. The van der Waals surface area contributed by atoms with Crippen molar-refractivity contribution >= 4 is 29.2 Å². The van der Waals surface area contributed by atoms with Crippen LogP contribution in [0.5, 0.6) is 0 Å². The maximum atomic E-state index is 11.8. The van der Waals surface area contributed by atoms with Gasteiger partial charge in [0.1, 0.15) is 0 Å². The Hall–Kier alpha value is -1.55. The summed E-state index contributed by atoms with van der Waals surface area (Å²) in [5.74, 6) is -1.72. The second-order valence-corrected chi connectivity index (χ2v) is 4.61. The maximum Gasteiger partial charge on any atom is 0.308 e. The third kappa shape index (κ3) is 2.26. The van der Waals surface area contributed by atoms with E-state index in [1.807, 2.05) is 13.0 Å². The lowest BCUT2D eigenvalue weighted by atomic mass is 10.1. The molecule has 0 radical (unpaired) electrons. The fourth-order valence-corrected chi connectivity index (χ4v) is 2.15. The van der Waals surface area contributed by atoms with Crippen molar-refractivity contribution in [3.05, 3.63) is 28.8 Å². The van der Waals surface area contributed by atoms with Gasteiger partial charge < -0.3 is 10.0 Å². The molecular weight excluding hydrogens is 242 g/mol. The summed E-state index contributed by atoms with van der Waals surface area (Å²) < 4.78 is 0. The predicted octanol–water partition coefficient (Wildman–Crippen LogP) is 2.09. The Kier molecular flexibility index (Phi) is 3.07. The van der Waals surface area contributed by atoms with Crippen molar-refractivity contribution in [2.45, 2.75) is 13.3 Å². The van der Waals surface area contributed by atoms with Crippen LogP contribution < -0.4 is 4.90 Å². The topological polar surface area (TPSA) is 57.6 Å². The quantitative estimate of drug-likeness (QED) is 0.878. The van der Waals surface area contributed by atoms with Gasteiger partial charge in [0, 0.05) is 23.7 Å². The van der Waals surface area contributed by atoms with E-state index < -0.39 is 11.9 Å². The van der Waals surface area contributed by atoms with Gasteiger partial charge in [-0.05, 0) is 24.6 Å². The van der Waals surface area contributed by atoms with Crippen molar-refractivity contribution in [3.8, 4) is 0 Å².